The molecular weight excluding hydrogens is 388 g/mol. The Labute approximate surface area is 180 Å². The third kappa shape index (κ3) is 4.60. The Morgan fingerprint density at radius 2 is 1.65 bits per heavy atom. The number of fused-ring (bicyclic) bond motifs is 3. The summed E-state index contributed by atoms with van der Waals surface area (Å²) in [5.74, 6) is 0.0511. The maximum absolute atomic E-state index is 12.2. The van der Waals surface area contributed by atoms with Gasteiger partial charge in [-0.2, -0.15) is 0 Å². The summed E-state index contributed by atoms with van der Waals surface area (Å²) >= 11 is 0. The molecule has 1 N–H and O–H groups in total. The molecule has 1 aliphatic rings. The van der Waals surface area contributed by atoms with Gasteiger partial charge in [0.15, 0.2) is 0 Å². The number of nitrogens with zero attached hydrogens (tertiary/aromatic N) is 3. The first kappa shape index (κ1) is 20.3. The lowest BCUT2D eigenvalue weighted by molar-refractivity contribution is 0.143. The van der Waals surface area contributed by atoms with Crippen molar-refractivity contribution in [3.8, 4) is 11.1 Å². The zero-order chi connectivity index (χ0) is 21.5. The average molecular weight is 410 g/mol. The molecule has 0 radical (unpaired) electrons. The van der Waals surface area contributed by atoms with E-state index < -0.39 is 6.09 Å². The van der Waals surface area contributed by atoms with Gasteiger partial charge in [-0.3, -0.25) is 0 Å². The quantitative estimate of drug-likeness (QED) is 0.207. The molecule has 6 nitrogen and oxygen atoms in total. The average Bonchev–Trinajstić information content (AvgIpc) is 3.12. The molecule has 31 heavy (non-hydrogen) atoms. The largest absolute Gasteiger partial charge is 0.449 e. The van der Waals surface area contributed by atoms with E-state index in [4.69, 9.17) is 10.3 Å². The van der Waals surface area contributed by atoms with Gasteiger partial charge in [-0.15, -0.1) is 0 Å². The van der Waals surface area contributed by atoms with Gasteiger partial charge in [0.1, 0.15) is 6.61 Å². The maximum Gasteiger partial charge on any atom is 0.407 e. The number of ether oxygens (including phenoxy) is 1. The smallest absolute Gasteiger partial charge is 0.407 e. The highest BCUT2D eigenvalue weighted by Crippen LogP contribution is 2.44. The van der Waals surface area contributed by atoms with E-state index in [0.717, 1.165) is 5.56 Å². The zero-order valence-corrected chi connectivity index (χ0v) is 16.9. The summed E-state index contributed by atoms with van der Waals surface area (Å²) in [6, 6.07) is 23.9. The van der Waals surface area contributed by atoms with Crippen LogP contribution >= 0.6 is 0 Å². The number of rotatable bonds is 7. The minimum atomic E-state index is -0.426. The van der Waals surface area contributed by atoms with E-state index in [0.29, 0.717) is 25.3 Å². The van der Waals surface area contributed by atoms with Crippen LogP contribution in [0.15, 0.2) is 84.0 Å². The van der Waals surface area contributed by atoms with Gasteiger partial charge in [0.2, 0.25) is 0 Å². The predicted octanol–water partition coefficient (Wildman–Crippen LogP) is 6.57. The summed E-state index contributed by atoms with van der Waals surface area (Å²) in [4.78, 5) is 15.0. The first-order valence-electron chi connectivity index (χ1n) is 10.2. The van der Waals surface area contributed by atoms with Crippen molar-refractivity contribution in [2.45, 2.75) is 12.3 Å². The van der Waals surface area contributed by atoms with Crippen molar-refractivity contribution in [1.29, 1.82) is 0 Å². The topological polar surface area (TPSA) is 87.1 Å². The summed E-state index contributed by atoms with van der Waals surface area (Å²) in [5.41, 5.74) is 14.8. The van der Waals surface area contributed by atoms with Crippen LogP contribution in [0.5, 0.6) is 0 Å². The Hall–Kier alpha value is -4.02. The first-order valence-corrected chi connectivity index (χ1v) is 10.2. The second-order valence-corrected chi connectivity index (χ2v) is 7.19. The molecule has 0 saturated heterocycles. The molecule has 0 aromatic heterocycles. The third-order valence-corrected chi connectivity index (χ3v) is 5.31. The van der Waals surface area contributed by atoms with Crippen molar-refractivity contribution in [1.82, 2.24) is 5.32 Å². The van der Waals surface area contributed by atoms with Crippen LogP contribution in [0.4, 0.5) is 10.5 Å². The van der Waals surface area contributed by atoms with Crippen LogP contribution in [-0.4, -0.2) is 19.2 Å². The fourth-order valence-corrected chi connectivity index (χ4v) is 3.89. The van der Waals surface area contributed by atoms with E-state index in [9.17, 15) is 4.79 Å². The lowest BCUT2D eigenvalue weighted by Crippen LogP contribution is -2.26. The van der Waals surface area contributed by atoms with Crippen molar-refractivity contribution >= 4 is 17.9 Å². The van der Waals surface area contributed by atoms with Crippen LogP contribution in [0.1, 0.15) is 29.0 Å². The van der Waals surface area contributed by atoms with E-state index in [1.54, 1.807) is 6.07 Å². The monoisotopic (exact) mass is 410 g/mol. The minimum Gasteiger partial charge on any atom is -0.449 e. The first-order chi connectivity index (χ1) is 15.3. The molecule has 0 heterocycles. The van der Waals surface area contributed by atoms with Crippen LogP contribution in [-0.2, 0) is 4.74 Å². The summed E-state index contributed by atoms with van der Waals surface area (Å²) < 4.78 is 5.53. The normalized spacial score (nSPS) is 12.1. The fraction of sp³-hybridized carbons (Fsp3) is 0.160. The SMILES string of the molecule is [N-]=[N+]=Nc1ccccc1C=CCCNC(=O)OCC1c2ccccc2-c2ccccc21. The second kappa shape index (κ2) is 9.65. The van der Waals surface area contributed by atoms with E-state index in [-0.39, 0.29) is 5.92 Å². The zero-order valence-electron chi connectivity index (χ0n) is 16.9. The number of carbonyl (C=O) groups excluding carboxylic acids is 1. The van der Waals surface area contributed by atoms with E-state index in [1.807, 2.05) is 54.6 Å². The van der Waals surface area contributed by atoms with Gasteiger partial charge in [-0.1, -0.05) is 90.1 Å². The van der Waals surface area contributed by atoms with Crippen molar-refractivity contribution in [2.75, 3.05) is 13.2 Å². The standard InChI is InChI=1S/C25H22N4O2/c26-29-28-24-15-6-1-9-18(24)10-7-8-16-27-25(30)31-17-23-21-13-4-2-11-19(21)20-12-3-5-14-22(20)23/h1-7,9-15,23H,8,16-17H2,(H,27,30). The molecule has 3 aromatic carbocycles. The van der Waals surface area contributed by atoms with Crippen molar-refractivity contribution < 1.29 is 9.53 Å². The number of hydrogen-bond donors (Lipinski definition) is 1. The number of amides is 1. The molecule has 4 rings (SSSR count). The number of azide groups is 1. The van der Waals surface area contributed by atoms with Gasteiger partial charge in [-0.25, -0.2) is 4.79 Å². The van der Waals surface area contributed by atoms with E-state index in [2.05, 4.69) is 39.6 Å². The van der Waals surface area contributed by atoms with Crippen LogP contribution in [0.2, 0.25) is 0 Å². The lowest BCUT2D eigenvalue weighted by atomic mass is 9.98. The molecule has 0 bridgehead atoms. The molecule has 0 unspecified atom stereocenters. The number of hydrogen-bond acceptors (Lipinski definition) is 3. The summed E-state index contributed by atoms with van der Waals surface area (Å²) in [5, 5.41) is 6.45. The molecule has 0 fully saturated rings. The van der Waals surface area contributed by atoms with Crippen LogP contribution in [0.25, 0.3) is 27.6 Å². The highest BCUT2D eigenvalue weighted by atomic mass is 16.5. The van der Waals surface area contributed by atoms with Gasteiger partial charge < -0.3 is 10.1 Å². The van der Waals surface area contributed by atoms with Crippen LogP contribution in [0.3, 0.4) is 0 Å². The van der Waals surface area contributed by atoms with E-state index >= 15 is 0 Å². The maximum atomic E-state index is 12.2. The molecular formula is C25H22N4O2. The Bertz CT molecular complexity index is 1120. The Kier molecular flexibility index (Phi) is 6.31. The number of carbonyl (C=O) groups is 1. The molecule has 1 aliphatic carbocycles. The van der Waals surface area contributed by atoms with Crippen molar-refractivity contribution in [2.24, 2.45) is 5.11 Å². The van der Waals surface area contributed by atoms with Gasteiger partial charge in [-0.05, 0) is 39.8 Å². The highest BCUT2D eigenvalue weighted by molar-refractivity contribution is 5.79. The second-order valence-electron chi connectivity index (χ2n) is 7.19. The lowest BCUT2D eigenvalue weighted by Gasteiger charge is -2.14. The highest BCUT2D eigenvalue weighted by Gasteiger charge is 2.28. The van der Waals surface area contributed by atoms with Gasteiger partial charge in [0, 0.05) is 23.1 Å². The van der Waals surface area contributed by atoms with Gasteiger partial charge >= 0.3 is 6.09 Å². The van der Waals surface area contributed by atoms with Crippen LogP contribution < -0.4 is 5.32 Å². The van der Waals surface area contributed by atoms with Gasteiger partial charge in [0.25, 0.3) is 0 Å². The molecule has 3 aromatic rings. The Morgan fingerprint density at radius 1 is 1.00 bits per heavy atom. The summed E-state index contributed by atoms with van der Waals surface area (Å²) in [6.07, 6.45) is 4.01. The van der Waals surface area contributed by atoms with Crippen molar-refractivity contribution in [3.05, 3.63) is 106 Å². The molecule has 0 saturated carbocycles. The third-order valence-electron chi connectivity index (χ3n) is 5.31. The molecule has 0 spiro atoms. The fourth-order valence-electron chi connectivity index (χ4n) is 3.89. The molecule has 0 atom stereocenters. The molecule has 154 valence electrons. The van der Waals surface area contributed by atoms with Crippen LogP contribution in [0, 0.1) is 0 Å². The van der Waals surface area contributed by atoms with E-state index in [1.165, 1.54) is 22.3 Å². The summed E-state index contributed by atoms with van der Waals surface area (Å²) in [7, 11) is 0. The Morgan fingerprint density at radius 3 is 2.35 bits per heavy atom. The molecule has 0 aliphatic heterocycles. The Balaban J connectivity index is 1.28. The number of benzene rings is 3. The molecule has 6 heteroatoms. The predicted molar refractivity (Wildman–Crippen MR) is 122 cm³/mol. The number of nitrogens with one attached hydrogen (secondary N) is 1. The summed E-state index contributed by atoms with van der Waals surface area (Å²) in [6.45, 7) is 0.756. The number of alkyl carbamates (subject to hydrolysis) is 1. The minimum absolute atomic E-state index is 0.0511. The van der Waals surface area contributed by atoms with Crippen molar-refractivity contribution in [3.63, 3.8) is 0 Å². The molecule has 1 amide bonds. The van der Waals surface area contributed by atoms with Gasteiger partial charge in [0.05, 0.1) is 0 Å².